The van der Waals surface area contributed by atoms with Gasteiger partial charge in [-0.05, 0) is 89.0 Å². The standard InChI is InChI=1S/C43H58N6O9.C7H14.C5H10O/c1-5-20-43(2,38(52)40(54)44-26-35(51)46-36(41(55)48(3)4)29-15-8-6-9-16-29)47-39(53)33-25-32-27-49(33)42(56)37(30-17-10-7-11-18-30)45-34(50)24-28-14-12-19-31(23-28)57-21-13-22-58-32;1-4-6-7(3)5-2;1-3-4-5(2)6/h6,8-9,12,14-16,19,23,30,32-33,36-37H,5,7,10-11,13,17-18,20-22,24-27H2,1-4H3,(H,44,54)(H,45,50)(H,46,51)(H,47,53);5H,4,6H2,1-3H3;3-4H2,1-2H3/t32-,33?,36+,37+,43?;;/m1../s1. The van der Waals surface area contributed by atoms with Crippen molar-refractivity contribution < 1.29 is 47.8 Å². The van der Waals surface area contributed by atoms with Crippen molar-refractivity contribution in [3.05, 3.63) is 77.4 Å². The van der Waals surface area contributed by atoms with Gasteiger partial charge in [0, 0.05) is 39.9 Å². The van der Waals surface area contributed by atoms with E-state index in [0.717, 1.165) is 50.5 Å². The van der Waals surface area contributed by atoms with Gasteiger partial charge in [-0.15, -0.1) is 0 Å². The molecule has 16 nitrogen and oxygen atoms in total. The summed E-state index contributed by atoms with van der Waals surface area (Å²) in [6.45, 7) is 13.5. The summed E-state index contributed by atoms with van der Waals surface area (Å²) < 4.78 is 12.1. The lowest BCUT2D eigenvalue weighted by molar-refractivity contribution is -0.146. The van der Waals surface area contributed by atoms with Crippen LogP contribution in [-0.2, 0) is 49.5 Å². The largest absolute Gasteiger partial charge is 0.493 e. The van der Waals surface area contributed by atoms with Gasteiger partial charge in [-0.25, -0.2) is 0 Å². The molecule has 71 heavy (non-hydrogen) atoms. The number of carbonyl (C=O) groups excluding carboxylic acids is 8. The van der Waals surface area contributed by atoms with E-state index in [1.807, 2.05) is 31.2 Å². The number of ether oxygens (including phenoxy) is 2. The second kappa shape index (κ2) is 30.8. The maximum absolute atomic E-state index is 14.6. The van der Waals surface area contributed by atoms with Gasteiger partial charge in [-0.2, -0.15) is 0 Å². The van der Waals surface area contributed by atoms with Crippen LogP contribution in [-0.4, -0.2) is 121 Å². The van der Waals surface area contributed by atoms with E-state index in [2.05, 4.69) is 48.1 Å². The van der Waals surface area contributed by atoms with Crippen LogP contribution in [0, 0.1) is 5.92 Å². The number of rotatable bonds is 16. The minimum Gasteiger partial charge on any atom is -0.493 e. The van der Waals surface area contributed by atoms with Crippen LogP contribution >= 0.6 is 0 Å². The van der Waals surface area contributed by atoms with Gasteiger partial charge in [-0.3, -0.25) is 33.6 Å². The number of Topliss-reactive ketones (excluding diaryl/α,β-unsaturated/α-hetero) is 2. The Balaban J connectivity index is 0.000000902. The third-order valence-corrected chi connectivity index (χ3v) is 12.9. The summed E-state index contributed by atoms with van der Waals surface area (Å²) in [5, 5.41) is 10.8. The molecule has 5 atom stereocenters. The summed E-state index contributed by atoms with van der Waals surface area (Å²) in [7, 11) is 3.12. The second-order valence-corrected chi connectivity index (χ2v) is 19.3. The third kappa shape index (κ3) is 19.7. The number of fused-ring (bicyclic) bond motifs is 4. The average Bonchev–Trinajstić information content (AvgIpc) is 3.78. The zero-order chi connectivity index (χ0) is 52.5. The smallest absolute Gasteiger partial charge is 0.290 e. The molecule has 3 aliphatic rings. The molecule has 4 N–H and O–H groups in total. The third-order valence-electron chi connectivity index (χ3n) is 12.9. The van der Waals surface area contributed by atoms with Gasteiger partial charge in [0.05, 0.1) is 32.3 Å². The van der Waals surface area contributed by atoms with Gasteiger partial charge in [0.25, 0.3) is 5.91 Å². The summed E-state index contributed by atoms with van der Waals surface area (Å²) in [4.78, 5) is 108. The minimum absolute atomic E-state index is 0.0480. The number of carbonyl (C=O) groups is 8. The van der Waals surface area contributed by atoms with Crippen molar-refractivity contribution in [2.24, 2.45) is 5.92 Å². The number of allylic oxidation sites excluding steroid dienone is 2. The first kappa shape index (κ1) is 59.4. The Kier molecular flexibility index (Phi) is 25.7. The fraction of sp³-hybridized carbons (Fsp3) is 0.600. The first-order valence-electron chi connectivity index (χ1n) is 25.6. The molecule has 2 unspecified atom stereocenters. The molecule has 6 amide bonds. The van der Waals surface area contributed by atoms with E-state index in [1.165, 1.54) is 35.1 Å². The van der Waals surface area contributed by atoms with Crippen molar-refractivity contribution in [2.75, 3.05) is 40.4 Å². The van der Waals surface area contributed by atoms with Crippen LogP contribution in [0.2, 0.25) is 0 Å². The van der Waals surface area contributed by atoms with Crippen molar-refractivity contribution in [2.45, 2.75) is 168 Å². The van der Waals surface area contributed by atoms with Crippen LogP contribution in [0.1, 0.15) is 149 Å². The second-order valence-electron chi connectivity index (χ2n) is 19.3. The van der Waals surface area contributed by atoms with Crippen molar-refractivity contribution in [3.8, 4) is 5.75 Å². The Morgan fingerprint density at radius 1 is 0.887 bits per heavy atom. The van der Waals surface area contributed by atoms with E-state index in [4.69, 9.17) is 9.47 Å². The Labute approximate surface area is 422 Å². The monoisotopic (exact) mass is 987 g/mol. The summed E-state index contributed by atoms with van der Waals surface area (Å²) in [5.41, 5.74) is 1.10. The number of nitrogens with zero attached hydrogens (tertiary/aromatic N) is 2. The molecule has 2 aliphatic heterocycles. The van der Waals surface area contributed by atoms with Gasteiger partial charge < -0.3 is 45.3 Å². The lowest BCUT2D eigenvalue weighted by Gasteiger charge is -2.36. The zero-order valence-electron chi connectivity index (χ0n) is 43.9. The molecular formula is C55H82N6O10. The molecular weight excluding hydrogens is 905 g/mol. The number of hydrogen-bond acceptors (Lipinski definition) is 10. The highest BCUT2D eigenvalue weighted by Gasteiger charge is 2.47. The molecule has 5 rings (SSSR count). The average molecular weight is 987 g/mol. The van der Waals surface area contributed by atoms with Crippen LogP contribution < -0.4 is 26.0 Å². The van der Waals surface area contributed by atoms with Crippen molar-refractivity contribution in [1.29, 1.82) is 0 Å². The predicted octanol–water partition coefficient (Wildman–Crippen LogP) is 6.50. The summed E-state index contributed by atoms with van der Waals surface area (Å²) in [6, 6.07) is 13.0. The van der Waals surface area contributed by atoms with Crippen molar-refractivity contribution in [3.63, 3.8) is 0 Å². The maximum atomic E-state index is 14.6. The van der Waals surface area contributed by atoms with Crippen LogP contribution in [0.25, 0.3) is 0 Å². The van der Waals surface area contributed by atoms with Crippen molar-refractivity contribution in [1.82, 2.24) is 31.1 Å². The molecule has 0 radical (unpaired) electrons. The highest BCUT2D eigenvalue weighted by Crippen LogP contribution is 2.31. The Morgan fingerprint density at radius 2 is 1.58 bits per heavy atom. The first-order chi connectivity index (χ1) is 33.9. The Bertz CT molecular complexity index is 2100. The number of likely N-dealkylation sites (N-methyl/N-ethyl adjacent to an activating group) is 1. The van der Waals surface area contributed by atoms with E-state index in [0.29, 0.717) is 37.4 Å². The molecule has 2 fully saturated rings. The fourth-order valence-electron chi connectivity index (χ4n) is 8.97. The molecule has 2 aromatic carbocycles. The van der Waals surface area contributed by atoms with E-state index in [-0.39, 0.29) is 55.2 Å². The first-order valence-corrected chi connectivity index (χ1v) is 25.6. The van der Waals surface area contributed by atoms with E-state index in [1.54, 1.807) is 58.3 Å². The van der Waals surface area contributed by atoms with Gasteiger partial charge in [0.1, 0.15) is 35.2 Å². The maximum Gasteiger partial charge on any atom is 0.290 e. The normalized spacial score (nSPS) is 19.9. The zero-order valence-corrected chi connectivity index (χ0v) is 43.9. The van der Waals surface area contributed by atoms with Gasteiger partial charge in [-0.1, -0.05) is 107 Å². The SMILES string of the molecule is CC=C(C)CCC.CCCC(C)(NC(=O)C1C[C@@H]2CN1C(=O)[C@H](C1CCCCC1)NC(=O)Cc1cccc(c1)OCCCO2)C(=O)C(=O)NCC(=O)N[C@H](C(=O)N(C)C)c1ccccc1.CCCC(C)=O. The molecule has 2 heterocycles. The molecule has 4 bridgehead atoms. The minimum atomic E-state index is -1.69. The molecule has 1 saturated heterocycles. The molecule has 16 heteroatoms. The number of ketones is 2. The van der Waals surface area contributed by atoms with Crippen LogP contribution in [0.3, 0.4) is 0 Å². The Hall–Kier alpha value is -5.90. The highest BCUT2D eigenvalue weighted by molar-refractivity contribution is 6.40. The molecule has 2 aromatic rings. The number of nitrogens with one attached hydrogen (secondary N) is 4. The summed E-state index contributed by atoms with van der Waals surface area (Å²) >= 11 is 0. The number of benzene rings is 2. The molecule has 0 spiro atoms. The van der Waals surface area contributed by atoms with Crippen LogP contribution in [0.4, 0.5) is 0 Å². The van der Waals surface area contributed by atoms with E-state index < -0.39 is 59.8 Å². The van der Waals surface area contributed by atoms with Crippen LogP contribution in [0.15, 0.2) is 66.2 Å². The molecule has 1 aliphatic carbocycles. The topological polar surface area (TPSA) is 210 Å². The Morgan fingerprint density at radius 3 is 2.17 bits per heavy atom. The van der Waals surface area contributed by atoms with Crippen LogP contribution in [0.5, 0.6) is 5.75 Å². The molecule has 0 aromatic heterocycles. The van der Waals surface area contributed by atoms with E-state index in [9.17, 15) is 38.4 Å². The number of hydrogen-bond donors (Lipinski definition) is 4. The lowest BCUT2D eigenvalue weighted by atomic mass is 9.83. The van der Waals surface area contributed by atoms with Gasteiger partial charge >= 0.3 is 0 Å². The van der Waals surface area contributed by atoms with E-state index >= 15 is 0 Å². The lowest BCUT2D eigenvalue weighted by Crippen LogP contribution is -2.62. The van der Waals surface area contributed by atoms with Gasteiger partial charge in [0.2, 0.25) is 35.3 Å². The summed E-state index contributed by atoms with van der Waals surface area (Å²) in [5.74, 6) is -3.67. The van der Waals surface area contributed by atoms with Gasteiger partial charge in [0.15, 0.2) is 0 Å². The highest BCUT2D eigenvalue weighted by atomic mass is 16.5. The molecule has 392 valence electrons. The summed E-state index contributed by atoms with van der Waals surface area (Å²) in [6.07, 6.45) is 11.5. The van der Waals surface area contributed by atoms with Crippen molar-refractivity contribution >= 4 is 47.0 Å². The predicted molar refractivity (Wildman–Crippen MR) is 274 cm³/mol. The quantitative estimate of drug-likeness (QED) is 0.106. The fourth-order valence-corrected chi connectivity index (χ4v) is 8.97. The number of amides is 6. The molecule has 1 saturated carbocycles.